The standard InChI is InChI=1S/2C15H20O4/c2*1-2-3-4-5-6-11-14(16)19-13-10-8-7-9-12(13)15(17)18/h2*7-10H,2-6,11H2,1H3,(H,17,18). The van der Waals surface area contributed by atoms with Crippen molar-refractivity contribution >= 4 is 23.9 Å². The fourth-order valence-corrected chi connectivity index (χ4v) is 3.56. The van der Waals surface area contributed by atoms with Gasteiger partial charge in [-0.25, -0.2) is 9.59 Å². The minimum absolute atomic E-state index is 0.0156. The highest BCUT2D eigenvalue weighted by Gasteiger charge is 2.14. The number of aromatic carboxylic acids is 2. The summed E-state index contributed by atoms with van der Waals surface area (Å²) in [5.41, 5.74) is 0.0312. The van der Waals surface area contributed by atoms with Crippen LogP contribution in [0.1, 0.15) is 112 Å². The van der Waals surface area contributed by atoms with Gasteiger partial charge >= 0.3 is 23.9 Å². The van der Waals surface area contributed by atoms with Crippen LogP contribution in [-0.4, -0.2) is 34.1 Å². The number of ether oxygens (including phenoxy) is 2. The molecule has 0 unspecified atom stereocenters. The van der Waals surface area contributed by atoms with E-state index >= 15 is 0 Å². The molecule has 2 N–H and O–H groups in total. The first-order valence-electron chi connectivity index (χ1n) is 13.4. The number of benzene rings is 2. The number of unbranched alkanes of at least 4 members (excludes halogenated alkanes) is 8. The first-order chi connectivity index (χ1) is 18.3. The summed E-state index contributed by atoms with van der Waals surface area (Å²) < 4.78 is 10.2. The van der Waals surface area contributed by atoms with Crippen LogP contribution in [0.3, 0.4) is 0 Å². The second-order valence-electron chi connectivity index (χ2n) is 8.88. The number of carbonyl (C=O) groups excluding carboxylic acids is 2. The lowest BCUT2D eigenvalue weighted by molar-refractivity contribution is -0.135. The Bertz CT molecular complexity index is 933. The van der Waals surface area contributed by atoms with Crippen molar-refractivity contribution in [2.75, 3.05) is 0 Å². The zero-order valence-corrected chi connectivity index (χ0v) is 22.4. The van der Waals surface area contributed by atoms with Gasteiger partial charge in [-0.2, -0.15) is 0 Å². The number of carboxylic acid groups (broad SMARTS) is 2. The van der Waals surface area contributed by atoms with Crippen molar-refractivity contribution in [1.29, 1.82) is 0 Å². The number of carbonyl (C=O) groups is 4. The van der Waals surface area contributed by atoms with Crippen molar-refractivity contribution in [2.45, 2.75) is 90.9 Å². The van der Waals surface area contributed by atoms with Crippen LogP contribution in [0.15, 0.2) is 48.5 Å². The molecule has 8 heteroatoms. The second-order valence-corrected chi connectivity index (χ2v) is 8.88. The van der Waals surface area contributed by atoms with Crippen molar-refractivity contribution in [2.24, 2.45) is 0 Å². The van der Waals surface area contributed by atoms with E-state index in [2.05, 4.69) is 13.8 Å². The molecule has 38 heavy (non-hydrogen) atoms. The predicted octanol–water partition coefficient (Wildman–Crippen LogP) is 7.30. The van der Waals surface area contributed by atoms with Crippen molar-refractivity contribution in [3.05, 3.63) is 59.7 Å². The van der Waals surface area contributed by atoms with Gasteiger partial charge in [0.05, 0.1) is 0 Å². The minimum atomic E-state index is -1.09. The Hall–Kier alpha value is -3.68. The highest BCUT2D eigenvalue weighted by molar-refractivity contribution is 5.92. The molecule has 0 saturated carbocycles. The van der Waals surface area contributed by atoms with E-state index in [0.717, 1.165) is 51.4 Å². The Morgan fingerprint density at radius 3 is 1.24 bits per heavy atom. The molecule has 0 amide bonds. The average Bonchev–Trinajstić information content (AvgIpc) is 2.89. The fraction of sp³-hybridized carbons (Fsp3) is 0.467. The molecule has 0 aromatic heterocycles. The van der Waals surface area contributed by atoms with Crippen LogP contribution in [-0.2, 0) is 9.59 Å². The first kappa shape index (κ1) is 32.3. The maximum atomic E-state index is 11.6. The molecule has 2 aromatic carbocycles. The number of carboxylic acids is 2. The molecule has 0 atom stereocenters. The molecular formula is C30H40O8. The number of para-hydroxylation sites is 2. The van der Waals surface area contributed by atoms with Crippen molar-refractivity contribution < 1.29 is 38.9 Å². The van der Waals surface area contributed by atoms with Crippen LogP contribution in [0, 0.1) is 0 Å². The third-order valence-electron chi connectivity index (χ3n) is 5.65. The van der Waals surface area contributed by atoms with Gasteiger partial charge in [-0.3, -0.25) is 9.59 Å². The van der Waals surface area contributed by atoms with Gasteiger partial charge in [0.1, 0.15) is 22.6 Å². The van der Waals surface area contributed by atoms with E-state index in [4.69, 9.17) is 19.7 Å². The zero-order chi connectivity index (χ0) is 28.2. The van der Waals surface area contributed by atoms with E-state index in [9.17, 15) is 19.2 Å². The average molecular weight is 529 g/mol. The number of esters is 2. The summed E-state index contributed by atoms with van der Waals surface area (Å²) in [6, 6.07) is 12.3. The Balaban J connectivity index is 0.000000380. The smallest absolute Gasteiger partial charge is 0.339 e. The Morgan fingerprint density at radius 1 is 0.553 bits per heavy atom. The molecule has 2 rings (SSSR count). The molecular weight excluding hydrogens is 488 g/mol. The molecule has 0 fully saturated rings. The Labute approximate surface area is 225 Å². The number of hydrogen-bond donors (Lipinski definition) is 2. The van der Waals surface area contributed by atoms with Crippen molar-refractivity contribution in [3.63, 3.8) is 0 Å². The van der Waals surface area contributed by atoms with Crippen LogP contribution in [0.2, 0.25) is 0 Å². The molecule has 0 aliphatic heterocycles. The lowest BCUT2D eigenvalue weighted by Gasteiger charge is -2.07. The maximum Gasteiger partial charge on any atom is 0.339 e. The number of rotatable bonds is 16. The normalized spacial score (nSPS) is 10.2. The largest absolute Gasteiger partial charge is 0.478 e. The van der Waals surface area contributed by atoms with E-state index in [1.165, 1.54) is 37.1 Å². The minimum Gasteiger partial charge on any atom is -0.478 e. The van der Waals surface area contributed by atoms with E-state index < -0.39 is 11.9 Å². The molecule has 0 aliphatic carbocycles. The lowest BCUT2D eigenvalue weighted by atomic mass is 10.1. The van der Waals surface area contributed by atoms with Crippen LogP contribution in [0.5, 0.6) is 11.5 Å². The Kier molecular flexibility index (Phi) is 16.5. The maximum absolute atomic E-state index is 11.6. The molecule has 2 aromatic rings. The third-order valence-corrected chi connectivity index (χ3v) is 5.65. The van der Waals surface area contributed by atoms with Gasteiger partial charge in [-0.1, -0.05) is 89.5 Å². The number of hydrogen-bond acceptors (Lipinski definition) is 6. The molecule has 0 saturated heterocycles. The summed E-state index contributed by atoms with van der Waals surface area (Å²) in [7, 11) is 0. The third kappa shape index (κ3) is 13.6. The van der Waals surface area contributed by atoms with E-state index in [0.29, 0.717) is 12.8 Å². The fourth-order valence-electron chi connectivity index (χ4n) is 3.56. The Morgan fingerprint density at radius 2 is 0.895 bits per heavy atom. The van der Waals surface area contributed by atoms with Gasteiger partial charge in [-0.05, 0) is 37.1 Å². The molecule has 0 bridgehead atoms. The van der Waals surface area contributed by atoms with Gasteiger partial charge in [0.2, 0.25) is 0 Å². The summed E-state index contributed by atoms with van der Waals surface area (Å²) in [5, 5.41) is 17.9. The van der Waals surface area contributed by atoms with Crippen LogP contribution in [0.4, 0.5) is 0 Å². The molecule has 0 heterocycles. The highest BCUT2D eigenvalue weighted by Crippen LogP contribution is 2.20. The molecule has 0 spiro atoms. The first-order valence-corrected chi connectivity index (χ1v) is 13.4. The highest BCUT2D eigenvalue weighted by atomic mass is 16.5. The molecule has 8 nitrogen and oxygen atoms in total. The second kappa shape index (κ2) is 19.4. The topological polar surface area (TPSA) is 127 Å². The van der Waals surface area contributed by atoms with E-state index in [-0.39, 0.29) is 34.6 Å². The SMILES string of the molecule is CCCCCCCC(=O)Oc1ccccc1C(=O)O.CCCCCCCC(=O)Oc1ccccc1C(=O)O. The summed E-state index contributed by atoms with van der Waals surface area (Å²) in [5.74, 6) is -2.68. The van der Waals surface area contributed by atoms with E-state index in [1.807, 2.05) is 0 Å². The quantitative estimate of drug-likeness (QED) is 0.132. The van der Waals surface area contributed by atoms with Gasteiger partial charge < -0.3 is 19.7 Å². The molecule has 208 valence electrons. The molecule has 0 aliphatic rings. The summed E-state index contributed by atoms with van der Waals surface area (Å²) >= 11 is 0. The molecule has 0 radical (unpaired) electrons. The van der Waals surface area contributed by atoms with Gasteiger partial charge in [0, 0.05) is 12.8 Å². The van der Waals surface area contributed by atoms with Crippen LogP contribution >= 0.6 is 0 Å². The van der Waals surface area contributed by atoms with Crippen molar-refractivity contribution in [1.82, 2.24) is 0 Å². The van der Waals surface area contributed by atoms with Crippen molar-refractivity contribution in [3.8, 4) is 11.5 Å². The van der Waals surface area contributed by atoms with Gasteiger partial charge in [0.25, 0.3) is 0 Å². The predicted molar refractivity (Wildman–Crippen MR) is 145 cm³/mol. The van der Waals surface area contributed by atoms with E-state index in [1.54, 1.807) is 24.3 Å². The zero-order valence-electron chi connectivity index (χ0n) is 22.4. The lowest BCUT2D eigenvalue weighted by Crippen LogP contribution is -2.10. The van der Waals surface area contributed by atoms with Crippen LogP contribution in [0.25, 0.3) is 0 Å². The summed E-state index contributed by atoms with van der Waals surface area (Å²) in [4.78, 5) is 45.1. The monoisotopic (exact) mass is 528 g/mol. The summed E-state index contributed by atoms with van der Waals surface area (Å²) in [6.45, 7) is 4.27. The van der Waals surface area contributed by atoms with Gasteiger partial charge in [0.15, 0.2) is 0 Å². The van der Waals surface area contributed by atoms with Crippen LogP contribution < -0.4 is 9.47 Å². The summed E-state index contributed by atoms with van der Waals surface area (Å²) in [6.07, 6.45) is 11.2. The van der Waals surface area contributed by atoms with Gasteiger partial charge in [-0.15, -0.1) is 0 Å².